The molecule has 1 aliphatic rings. The second-order valence-corrected chi connectivity index (χ2v) is 5.00. The Morgan fingerprint density at radius 2 is 2.11 bits per heavy atom. The maximum absolute atomic E-state index is 11.0. The zero-order chi connectivity index (χ0) is 13.4. The molecule has 0 saturated heterocycles. The molecule has 0 bridgehead atoms. The van der Waals surface area contributed by atoms with Crippen molar-refractivity contribution < 1.29 is 4.79 Å². The Labute approximate surface area is 111 Å². The van der Waals surface area contributed by atoms with Gasteiger partial charge < -0.3 is 4.57 Å². The second kappa shape index (κ2) is 4.60. The molecular weight excluding hydrogens is 242 g/mol. The van der Waals surface area contributed by atoms with Gasteiger partial charge in [-0.05, 0) is 26.7 Å². The summed E-state index contributed by atoms with van der Waals surface area (Å²) in [6.07, 6.45) is 4.24. The molecule has 1 aliphatic heterocycles. The van der Waals surface area contributed by atoms with Crippen LogP contribution in [-0.4, -0.2) is 30.8 Å². The zero-order valence-electron chi connectivity index (χ0n) is 11.3. The second-order valence-electron chi connectivity index (χ2n) is 5.00. The van der Waals surface area contributed by atoms with Crippen LogP contribution in [0.5, 0.6) is 0 Å². The van der Waals surface area contributed by atoms with Crippen LogP contribution >= 0.6 is 0 Å². The molecule has 3 rings (SSSR count). The van der Waals surface area contributed by atoms with E-state index in [1.807, 2.05) is 18.5 Å². The van der Waals surface area contributed by atoms with Crippen molar-refractivity contribution in [1.82, 2.24) is 24.5 Å². The molecular formula is C13H17N5O. The molecule has 0 amide bonds. The van der Waals surface area contributed by atoms with E-state index in [2.05, 4.69) is 19.9 Å². The van der Waals surface area contributed by atoms with E-state index in [0.717, 1.165) is 42.3 Å². The molecule has 0 aliphatic carbocycles. The van der Waals surface area contributed by atoms with Gasteiger partial charge in [0.05, 0.1) is 11.3 Å². The molecule has 0 atom stereocenters. The lowest BCUT2D eigenvalue weighted by atomic mass is 10.2. The number of aromatic nitrogens is 5. The Morgan fingerprint density at radius 1 is 1.26 bits per heavy atom. The number of carbonyl (C=O) groups excluding carboxylic acids is 1. The van der Waals surface area contributed by atoms with Gasteiger partial charge in [-0.2, -0.15) is 5.10 Å². The Balaban J connectivity index is 1.93. The number of rotatable bonds is 3. The summed E-state index contributed by atoms with van der Waals surface area (Å²) >= 11 is 0. The zero-order valence-corrected chi connectivity index (χ0v) is 11.3. The van der Waals surface area contributed by atoms with Crippen LogP contribution in [0.2, 0.25) is 0 Å². The Bertz CT molecular complexity index is 625. The van der Waals surface area contributed by atoms with E-state index in [-0.39, 0.29) is 0 Å². The molecule has 0 aromatic carbocycles. The molecule has 0 unspecified atom stereocenters. The topological polar surface area (TPSA) is 65.6 Å². The number of fused-ring (bicyclic) bond motifs is 1. The van der Waals surface area contributed by atoms with Crippen molar-refractivity contribution in [3.8, 4) is 0 Å². The highest BCUT2D eigenvalue weighted by Gasteiger charge is 2.18. The van der Waals surface area contributed by atoms with Gasteiger partial charge in [0.25, 0.3) is 0 Å². The third kappa shape index (κ3) is 1.97. The van der Waals surface area contributed by atoms with Crippen LogP contribution < -0.4 is 0 Å². The highest BCUT2D eigenvalue weighted by atomic mass is 16.1. The van der Waals surface area contributed by atoms with Crippen LogP contribution in [0, 0.1) is 13.8 Å². The maximum atomic E-state index is 11.0. The average Bonchev–Trinajstić information content (AvgIpc) is 2.93. The van der Waals surface area contributed by atoms with Gasteiger partial charge in [-0.3, -0.25) is 9.48 Å². The van der Waals surface area contributed by atoms with E-state index in [9.17, 15) is 4.79 Å². The van der Waals surface area contributed by atoms with Gasteiger partial charge in [0.15, 0.2) is 12.1 Å². The number of hydrogen-bond acceptors (Lipinski definition) is 4. The number of aryl methyl sites for hydroxylation is 2. The first-order chi connectivity index (χ1) is 9.20. The van der Waals surface area contributed by atoms with Gasteiger partial charge in [0, 0.05) is 18.7 Å². The SMILES string of the molecule is Cc1nn(Cc2nnc3n2CCCC3)c(C)c1C=O. The largest absolute Gasteiger partial charge is 0.313 e. The van der Waals surface area contributed by atoms with Crippen molar-refractivity contribution >= 4 is 6.29 Å². The number of hydrogen-bond donors (Lipinski definition) is 0. The fourth-order valence-electron chi connectivity index (χ4n) is 2.65. The molecule has 0 N–H and O–H groups in total. The Kier molecular flexibility index (Phi) is 2.93. The molecule has 0 radical (unpaired) electrons. The maximum Gasteiger partial charge on any atom is 0.154 e. The van der Waals surface area contributed by atoms with Crippen molar-refractivity contribution in [3.63, 3.8) is 0 Å². The number of nitrogens with zero attached hydrogens (tertiary/aromatic N) is 5. The quantitative estimate of drug-likeness (QED) is 0.779. The van der Waals surface area contributed by atoms with Crippen LogP contribution in [0.25, 0.3) is 0 Å². The summed E-state index contributed by atoms with van der Waals surface area (Å²) in [4.78, 5) is 11.0. The standard InChI is InChI=1S/C13H17N5O/c1-9-11(8-19)10(2)18(16-9)7-13-15-14-12-5-3-4-6-17(12)13/h8H,3-7H2,1-2H3. The van der Waals surface area contributed by atoms with Gasteiger partial charge in [-0.15, -0.1) is 10.2 Å². The molecule has 6 nitrogen and oxygen atoms in total. The predicted molar refractivity (Wildman–Crippen MR) is 69.2 cm³/mol. The van der Waals surface area contributed by atoms with Crippen molar-refractivity contribution in [2.45, 2.75) is 46.2 Å². The normalized spacial score (nSPS) is 14.4. The summed E-state index contributed by atoms with van der Waals surface area (Å²) < 4.78 is 4.02. The minimum atomic E-state index is 0.577. The van der Waals surface area contributed by atoms with E-state index < -0.39 is 0 Å². The first-order valence-electron chi connectivity index (χ1n) is 6.61. The van der Waals surface area contributed by atoms with E-state index in [0.29, 0.717) is 12.1 Å². The van der Waals surface area contributed by atoms with E-state index in [1.165, 1.54) is 12.8 Å². The fourth-order valence-corrected chi connectivity index (χ4v) is 2.65. The van der Waals surface area contributed by atoms with Gasteiger partial charge in [0.2, 0.25) is 0 Å². The molecule has 2 aromatic heterocycles. The predicted octanol–water partition coefficient (Wildman–Crippen LogP) is 1.29. The summed E-state index contributed by atoms with van der Waals surface area (Å²) in [6.45, 7) is 5.33. The summed E-state index contributed by atoms with van der Waals surface area (Å²) in [5.74, 6) is 2.00. The lowest BCUT2D eigenvalue weighted by molar-refractivity contribution is 0.112. The van der Waals surface area contributed by atoms with Crippen molar-refractivity contribution in [2.75, 3.05) is 0 Å². The van der Waals surface area contributed by atoms with Crippen LogP contribution in [0.4, 0.5) is 0 Å². The molecule has 0 fully saturated rings. The summed E-state index contributed by atoms with van der Waals surface area (Å²) in [7, 11) is 0. The highest BCUT2D eigenvalue weighted by Crippen LogP contribution is 2.16. The van der Waals surface area contributed by atoms with Crippen LogP contribution in [0.1, 0.15) is 46.2 Å². The van der Waals surface area contributed by atoms with Crippen molar-refractivity contribution in [1.29, 1.82) is 0 Å². The summed E-state index contributed by atoms with van der Waals surface area (Å²) in [5, 5.41) is 12.9. The van der Waals surface area contributed by atoms with E-state index in [1.54, 1.807) is 0 Å². The summed E-state index contributed by atoms with van der Waals surface area (Å²) in [6, 6.07) is 0. The van der Waals surface area contributed by atoms with Crippen molar-refractivity contribution in [3.05, 3.63) is 28.6 Å². The first kappa shape index (κ1) is 12.1. The van der Waals surface area contributed by atoms with Gasteiger partial charge in [0.1, 0.15) is 12.4 Å². The number of carbonyl (C=O) groups is 1. The van der Waals surface area contributed by atoms with Crippen LogP contribution in [-0.2, 0) is 19.5 Å². The van der Waals surface area contributed by atoms with Crippen molar-refractivity contribution in [2.24, 2.45) is 0 Å². The van der Waals surface area contributed by atoms with E-state index >= 15 is 0 Å². The lowest BCUT2D eigenvalue weighted by Crippen LogP contribution is -2.16. The van der Waals surface area contributed by atoms with Crippen LogP contribution in [0.3, 0.4) is 0 Å². The van der Waals surface area contributed by atoms with E-state index in [4.69, 9.17) is 0 Å². The van der Waals surface area contributed by atoms with Gasteiger partial charge in [-0.25, -0.2) is 0 Å². The monoisotopic (exact) mass is 259 g/mol. The van der Waals surface area contributed by atoms with Gasteiger partial charge >= 0.3 is 0 Å². The summed E-state index contributed by atoms with van der Waals surface area (Å²) in [5.41, 5.74) is 2.34. The third-order valence-corrected chi connectivity index (χ3v) is 3.78. The average molecular weight is 259 g/mol. The van der Waals surface area contributed by atoms with Crippen LogP contribution in [0.15, 0.2) is 0 Å². The Morgan fingerprint density at radius 3 is 2.84 bits per heavy atom. The minimum Gasteiger partial charge on any atom is -0.313 e. The smallest absolute Gasteiger partial charge is 0.154 e. The molecule has 6 heteroatoms. The third-order valence-electron chi connectivity index (χ3n) is 3.78. The molecule has 0 spiro atoms. The first-order valence-corrected chi connectivity index (χ1v) is 6.61. The lowest BCUT2D eigenvalue weighted by Gasteiger charge is -2.14. The molecule has 100 valence electrons. The number of aldehydes is 1. The molecule has 19 heavy (non-hydrogen) atoms. The molecule has 2 aromatic rings. The molecule has 0 saturated carbocycles. The molecule has 3 heterocycles. The highest BCUT2D eigenvalue weighted by molar-refractivity contribution is 5.78. The Hall–Kier alpha value is -1.98. The minimum absolute atomic E-state index is 0.577. The van der Waals surface area contributed by atoms with Gasteiger partial charge in [-0.1, -0.05) is 0 Å². The fraction of sp³-hybridized carbons (Fsp3) is 0.538.